The van der Waals surface area contributed by atoms with Gasteiger partial charge in [-0.2, -0.15) is 0 Å². The van der Waals surface area contributed by atoms with Crippen molar-refractivity contribution >= 4 is 17.3 Å². The summed E-state index contributed by atoms with van der Waals surface area (Å²) in [5, 5.41) is 10.9. The van der Waals surface area contributed by atoms with Gasteiger partial charge in [0, 0.05) is 17.5 Å². The Morgan fingerprint density at radius 3 is 3.00 bits per heavy atom. The van der Waals surface area contributed by atoms with Gasteiger partial charge in [-0.25, -0.2) is 4.79 Å². The molecule has 4 nitrogen and oxygen atoms in total. The molecule has 0 atom stereocenters. The van der Waals surface area contributed by atoms with Gasteiger partial charge < -0.3 is 14.6 Å². The highest BCUT2D eigenvalue weighted by atomic mass is 32.1. The Kier molecular flexibility index (Phi) is 3.37. The fraction of sp³-hybridized carbons (Fsp3) is 0.312. The molecule has 0 saturated carbocycles. The van der Waals surface area contributed by atoms with E-state index >= 15 is 0 Å². The molecule has 0 fully saturated rings. The van der Waals surface area contributed by atoms with E-state index in [2.05, 4.69) is 0 Å². The van der Waals surface area contributed by atoms with Gasteiger partial charge in [-0.3, -0.25) is 0 Å². The quantitative estimate of drug-likeness (QED) is 0.935. The van der Waals surface area contributed by atoms with Crippen LogP contribution in [0.15, 0.2) is 29.6 Å². The summed E-state index contributed by atoms with van der Waals surface area (Å²) in [6, 6.07) is 7.60. The Balaban J connectivity index is 1.80. The Morgan fingerprint density at radius 2 is 2.24 bits per heavy atom. The predicted molar refractivity (Wildman–Crippen MR) is 80.5 cm³/mol. The van der Waals surface area contributed by atoms with Gasteiger partial charge in [0.1, 0.15) is 17.1 Å². The molecule has 2 heterocycles. The summed E-state index contributed by atoms with van der Waals surface area (Å²) < 4.78 is 11.7. The molecule has 0 unspecified atom stereocenters. The lowest BCUT2D eigenvalue weighted by atomic mass is 10.0. The summed E-state index contributed by atoms with van der Waals surface area (Å²) in [7, 11) is 0. The van der Waals surface area contributed by atoms with Crippen molar-refractivity contribution in [2.75, 3.05) is 0 Å². The monoisotopic (exact) mass is 304 g/mol. The van der Waals surface area contributed by atoms with Gasteiger partial charge in [-0.1, -0.05) is 12.1 Å². The highest BCUT2D eigenvalue weighted by Crippen LogP contribution is 2.42. The molecular weight excluding hydrogens is 288 g/mol. The standard InChI is InChI=1S/C16H16O4S/c1-16(2)8-10-4-3-5-12(13(10)20-16)19-9-11-6-7-21-14(11)15(17)18/h3-7H,8-9H2,1-2H3,(H,17,18). The summed E-state index contributed by atoms with van der Waals surface area (Å²) >= 11 is 1.21. The molecule has 21 heavy (non-hydrogen) atoms. The summed E-state index contributed by atoms with van der Waals surface area (Å²) in [6.07, 6.45) is 0.846. The summed E-state index contributed by atoms with van der Waals surface area (Å²) in [6.45, 7) is 4.31. The topological polar surface area (TPSA) is 55.8 Å². The number of benzene rings is 1. The van der Waals surface area contributed by atoms with Crippen molar-refractivity contribution in [2.24, 2.45) is 0 Å². The molecule has 2 aromatic rings. The Hall–Kier alpha value is -2.01. The van der Waals surface area contributed by atoms with Crippen LogP contribution in [0.3, 0.4) is 0 Å². The van der Waals surface area contributed by atoms with Gasteiger partial charge >= 0.3 is 5.97 Å². The van der Waals surface area contributed by atoms with Crippen molar-refractivity contribution in [3.8, 4) is 11.5 Å². The molecule has 3 rings (SSSR count). The van der Waals surface area contributed by atoms with E-state index in [1.807, 2.05) is 32.0 Å². The van der Waals surface area contributed by atoms with E-state index in [0.717, 1.165) is 17.7 Å². The second-order valence-corrected chi connectivity index (χ2v) is 6.57. The number of rotatable bonds is 4. The second kappa shape index (κ2) is 5.07. The second-order valence-electron chi connectivity index (χ2n) is 5.65. The molecule has 1 aliphatic heterocycles. The number of hydrogen-bond donors (Lipinski definition) is 1. The summed E-state index contributed by atoms with van der Waals surface area (Å²) in [5.74, 6) is 0.523. The van der Waals surface area contributed by atoms with Crippen LogP contribution in [0.4, 0.5) is 0 Å². The van der Waals surface area contributed by atoms with Gasteiger partial charge in [0.15, 0.2) is 11.5 Å². The molecule has 5 heteroatoms. The van der Waals surface area contributed by atoms with E-state index in [1.54, 1.807) is 11.4 Å². The van der Waals surface area contributed by atoms with Crippen LogP contribution in [0.5, 0.6) is 11.5 Å². The first-order chi connectivity index (χ1) is 9.96. The third-order valence-corrected chi connectivity index (χ3v) is 4.32. The van der Waals surface area contributed by atoms with Crippen LogP contribution in [0.25, 0.3) is 0 Å². The number of carboxylic acids is 1. The van der Waals surface area contributed by atoms with Crippen LogP contribution in [-0.2, 0) is 13.0 Å². The largest absolute Gasteiger partial charge is 0.485 e. The average molecular weight is 304 g/mol. The van der Waals surface area contributed by atoms with Crippen LogP contribution in [0, 0.1) is 0 Å². The summed E-state index contributed by atoms with van der Waals surface area (Å²) in [4.78, 5) is 11.4. The minimum Gasteiger partial charge on any atom is -0.485 e. The lowest BCUT2D eigenvalue weighted by molar-refractivity contribution is 0.0699. The molecule has 0 aliphatic carbocycles. The molecular formula is C16H16O4S. The average Bonchev–Trinajstić information content (AvgIpc) is 2.98. The van der Waals surface area contributed by atoms with Crippen LogP contribution in [0.1, 0.15) is 34.6 Å². The number of hydrogen-bond acceptors (Lipinski definition) is 4. The number of thiophene rings is 1. The first-order valence-corrected chi connectivity index (χ1v) is 7.57. The number of carboxylic acid groups (broad SMARTS) is 1. The van der Waals surface area contributed by atoms with Crippen molar-refractivity contribution in [1.29, 1.82) is 0 Å². The van der Waals surface area contributed by atoms with Crippen molar-refractivity contribution < 1.29 is 19.4 Å². The van der Waals surface area contributed by atoms with Gasteiger partial charge in [-0.15, -0.1) is 11.3 Å². The van der Waals surface area contributed by atoms with Gasteiger partial charge in [0.05, 0.1) is 0 Å². The Bertz CT molecular complexity index is 687. The Labute approximate surface area is 126 Å². The lowest BCUT2D eigenvalue weighted by Crippen LogP contribution is -2.24. The number of carbonyl (C=O) groups is 1. The molecule has 1 aliphatic rings. The molecule has 0 bridgehead atoms. The van der Waals surface area contributed by atoms with E-state index in [0.29, 0.717) is 16.2 Å². The molecule has 0 radical (unpaired) electrons. The maximum Gasteiger partial charge on any atom is 0.346 e. The van der Waals surface area contributed by atoms with Crippen molar-refractivity contribution in [3.05, 3.63) is 45.6 Å². The lowest BCUT2D eigenvalue weighted by Gasteiger charge is -2.18. The number of aromatic carboxylic acids is 1. The van der Waals surface area contributed by atoms with E-state index in [1.165, 1.54) is 11.3 Å². The fourth-order valence-corrected chi connectivity index (χ4v) is 3.24. The first-order valence-electron chi connectivity index (χ1n) is 6.70. The van der Waals surface area contributed by atoms with Gasteiger partial charge in [-0.05, 0) is 31.4 Å². The van der Waals surface area contributed by atoms with Crippen LogP contribution >= 0.6 is 11.3 Å². The zero-order chi connectivity index (χ0) is 15.0. The molecule has 1 N–H and O–H groups in total. The maximum atomic E-state index is 11.1. The fourth-order valence-electron chi connectivity index (χ4n) is 2.49. The van der Waals surface area contributed by atoms with E-state index < -0.39 is 5.97 Å². The van der Waals surface area contributed by atoms with E-state index in [9.17, 15) is 4.79 Å². The van der Waals surface area contributed by atoms with Crippen molar-refractivity contribution in [3.63, 3.8) is 0 Å². The highest BCUT2D eigenvalue weighted by Gasteiger charge is 2.32. The number of ether oxygens (including phenoxy) is 2. The van der Waals surface area contributed by atoms with E-state index in [-0.39, 0.29) is 12.2 Å². The van der Waals surface area contributed by atoms with Gasteiger partial charge in [0.2, 0.25) is 0 Å². The predicted octanol–water partition coefficient (Wildman–Crippen LogP) is 3.74. The zero-order valence-corrected chi connectivity index (χ0v) is 12.7. The minimum absolute atomic E-state index is 0.226. The number of para-hydroxylation sites is 1. The SMILES string of the molecule is CC1(C)Cc2cccc(OCc3ccsc3C(=O)O)c2O1. The maximum absolute atomic E-state index is 11.1. The molecule has 0 spiro atoms. The molecule has 1 aromatic heterocycles. The minimum atomic E-state index is -0.917. The van der Waals surface area contributed by atoms with Crippen molar-refractivity contribution in [2.45, 2.75) is 32.5 Å². The zero-order valence-electron chi connectivity index (χ0n) is 11.9. The highest BCUT2D eigenvalue weighted by molar-refractivity contribution is 7.12. The summed E-state index contributed by atoms with van der Waals surface area (Å²) in [5.41, 5.74) is 1.58. The first kappa shape index (κ1) is 13.9. The Morgan fingerprint density at radius 1 is 1.43 bits per heavy atom. The molecule has 110 valence electrons. The smallest absolute Gasteiger partial charge is 0.346 e. The van der Waals surface area contributed by atoms with Crippen LogP contribution < -0.4 is 9.47 Å². The van der Waals surface area contributed by atoms with Gasteiger partial charge in [0.25, 0.3) is 0 Å². The molecule has 0 amide bonds. The van der Waals surface area contributed by atoms with Crippen molar-refractivity contribution in [1.82, 2.24) is 0 Å². The normalized spacial score (nSPS) is 15.3. The third kappa shape index (κ3) is 2.74. The molecule has 0 saturated heterocycles. The van der Waals surface area contributed by atoms with Crippen LogP contribution in [0.2, 0.25) is 0 Å². The van der Waals surface area contributed by atoms with E-state index in [4.69, 9.17) is 14.6 Å². The van der Waals surface area contributed by atoms with Crippen LogP contribution in [-0.4, -0.2) is 16.7 Å². The molecule has 1 aromatic carbocycles. The number of fused-ring (bicyclic) bond motifs is 1. The third-order valence-electron chi connectivity index (χ3n) is 3.38.